The molecule has 27 heavy (non-hydrogen) atoms. The first-order chi connectivity index (χ1) is 13.1. The fourth-order valence-electron chi connectivity index (χ4n) is 2.97. The molecular weight excluding hydrogens is 344 g/mol. The van der Waals surface area contributed by atoms with Gasteiger partial charge in [0.05, 0.1) is 19.8 Å². The maximum Gasteiger partial charge on any atom is 0.243 e. The Morgan fingerprint density at radius 1 is 1.19 bits per heavy atom. The molecule has 1 aliphatic heterocycles. The minimum atomic E-state index is -0.413. The van der Waals surface area contributed by atoms with Gasteiger partial charge in [-0.05, 0) is 23.8 Å². The predicted molar refractivity (Wildman–Crippen MR) is 104 cm³/mol. The van der Waals surface area contributed by atoms with E-state index in [1.54, 1.807) is 0 Å². The molecule has 2 amide bonds. The monoisotopic (exact) mass is 368 g/mol. The maximum absolute atomic E-state index is 12.4. The zero-order chi connectivity index (χ0) is 19.1. The number of nitrogens with two attached hydrogens (primary N) is 1. The second-order valence-electron chi connectivity index (χ2n) is 6.43. The maximum atomic E-state index is 12.4. The van der Waals surface area contributed by atoms with Crippen molar-refractivity contribution in [2.75, 3.05) is 36.5 Å². The van der Waals surface area contributed by atoms with E-state index in [0.717, 1.165) is 11.3 Å². The Labute approximate surface area is 158 Å². The first kappa shape index (κ1) is 18.9. The van der Waals surface area contributed by atoms with Crippen molar-refractivity contribution in [1.29, 1.82) is 0 Å². The summed E-state index contributed by atoms with van der Waals surface area (Å²) < 4.78 is 5.33. The third-order valence-electron chi connectivity index (χ3n) is 4.28. The number of amides is 2. The highest BCUT2D eigenvalue weighted by Crippen LogP contribution is 2.21. The number of morpholine rings is 1. The molecule has 1 fully saturated rings. The van der Waals surface area contributed by atoms with Crippen LogP contribution in [0.15, 0.2) is 54.6 Å². The zero-order valence-corrected chi connectivity index (χ0v) is 15.1. The number of hydrogen-bond donors (Lipinski definition) is 3. The molecule has 1 atom stereocenters. The molecule has 1 heterocycles. The fourth-order valence-corrected chi connectivity index (χ4v) is 2.97. The van der Waals surface area contributed by atoms with Crippen LogP contribution in [0.1, 0.15) is 5.56 Å². The van der Waals surface area contributed by atoms with Gasteiger partial charge < -0.3 is 26.0 Å². The van der Waals surface area contributed by atoms with Gasteiger partial charge in [-0.25, -0.2) is 0 Å². The standard InChI is InChI=1S/C20H24N4O3/c21-19(25)13-24(12-15-5-2-1-3-6-15)17-8-4-7-16(11-17)23-20(26)18-14-27-10-9-22-18/h1-8,11,18,22H,9-10,12-14H2,(H2,21,25)(H,23,26). The highest BCUT2D eigenvalue weighted by atomic mass is 16.5. The number of carbonyl (C=O) groups excluding carboxylic acids is 2. The van der Waals surface area contributed by atoms with E-state index >= 15 is 0 Å². The van der Waals surface area contributed by atoms with Crippen LogP contribution in [0.5, 0.6) is 0 Å². The molecule has 7 nitrogen and oxygen atoms in total. The fraction of sp³-hybridized carbons (Fsp3) is 0.300. The predicted octanol–water partition coefficient (Wildman–Crippen LogP) is 1.11. The van der Waals surface area contributed by atoms with Gasteiger partial charge in [0, 0.05) is 24.5 Å². The summed E-state index contributed by atoms with van der Waals surface area (Å²) in [6.45, 7) is 2.25. The van der Waals surface area contributed by atoms with Crippen LogP contribution < -0.4 is 21.3 Å². The van der Waals surface area contributed by atoms with Gasteiger partial charge in [0.1, 0.15) is 6.04 Å². The Bertz CT molecular complexity index is 776. The Morgan fingerprint density at radius 3 is 2.70 bits per heavy atom. The minimum Gasteiger partial charge on any atom is -0.378 e. The smallest absolute Gasteiger partial charge is 0.243 e. The number of rotatable bonds is 7. The third kappa shape index (κ3) is 5.54. The van der Waals surface area contributed by atoms with E-state index in [1.165, 1.54) is 0 Å². The molecule has 7 heteroatoms. The van der Waals surface area contributed by atoms with Crippen molar-refractivity contribution in [3.05, 3.63) is 60.2 Å². The summed E-state index contributed by atoms with van der Waals surface area (Å²) in [6.07, 6.45) is 0. The van der Waals surface area contributed by atoms with E-state index in [9.17, 15) is 9.59 Å². The van der Waals surface area contributed by atoms with E-state index in [1.807, 2.05) is 59.5 Å². The lowest BCUT2D eigenvalue weighted by atomic mass is 10.1. The highest BCUT2D eigenvalue weighted by molar-refractivity contribution is 5.95. The van der Waals surface area contributed by atoms with Crippen molar-refractivity contribution in [2.24, 2.45) is 5.73 Å². The lowest BCUT2D eigenvalue weighted by Crippen LogP contribution is -2.48. The minimum absolute atomic E-state index is 0.0876. The lowest BCUT2D eigenvalue weighted by Gasteiger charge is -2.25. The largest absolute Gasteiger partial charge is 0.378 e. The number of carbonyl (C=O) groups is 2. The molecule has 1 aliphatic rings. The Balaban J connectivity index is 1.73. The molecule has 0 bridgehead atoms. The average molecular weight is 368 g/mol. The number of hydrogen-bond acceptors (Lipinski definition) is 5. The molecule has 2 aromatic carbocycles. The summed E-state index contributed by atoms with van der Waals surface area (Å²) in [6, 6.07) is 16.9. The lowest BCUT2D eigenvalue weighted by molar-refractivity contribution is -0.121. The first-order valence-corrected chi connectivity index (χ1v) is 8.91. The normalized spacial score (nSPS) is 16.5. The molecule has 3 rings (SSSR count). The molecule has 1 saturated heterocycles. The molecule has 142 valence electrons. The van der Waals surface area contributed by atoms with E-state index < -0.39 is 5.91 Å². The summed E-state index contributed by atoms with van der Waals surface area (Å²) in [7, 11) is 0. The van der Waals surface area contributed by atoms with Crippen molar-refractivity contribution in [3.8, 4) is 0 Å². The molecular formula is C20H24N4O3. The van der Waals surface area contributed by atoms with E-state index in [-0.39, 0.29) is 18.5 Å². The van der Waals surface area contributed by atoms with Gasteiger partial charge in [0.15, 0.2) is 0 Å². The molecule has 0 radical (unpaired) electrons. The molecule has 0 aliphatic carbocycles. The van der Waals surface area contributed by atoms with Crippen molar-refractivity contribution >= 4 is 23.2 Å². The zero-order valence-electron chi connectivity index (χ0n) is 15.1. The molecule has 2 aromatic rings. The topological polar surface area (TPSA) is 96.7 Å². The number of nitrogens with zero attached hydrogens (tertiary/aromatic N) is 1. The molecule has 0 saturated carbocycles. The highest BCUT2D eigenvalue weighted by Gasteiger charge is 2.21. The van der Waals surface area contributed by atoms with Crippen LogP contribution in [-0.4, -0.2) is 44.2 Å². The van der Waals surface area contributed by atoms with Crippen LogP contribution in [0.2, 0.25) is 0 Å². The number of nitrogens with one attached hydrogen (secondary N) is 2. The van der Waals surface area contributed by atoms with Crippen LogP contribution in [0.25, 0.3) is 0 Å². The summed E-state index contributed by atoms with van der Waals surface area (Å²) in [4.78, 5) is 25.8. The van der Waals surface area contributed by atoms with Crippen LogP contribution in [0.4, 0.5) is 11.4 Å². The van der Waals surface area contributed by atoms with Gasteiger partial charge in [-0.3, -0.25) is 9.59 Å². The second-order valence-corrected chi connectivity index (χ2v) is 6.43. The van der Waals surface area contributed by atoms with E-state index in [2.05, 4.69) is 10.6 Å². The molecule has 0 aromatic heterocycles. The number of benzene rings is 2. The SMILES string of the molecule is NC(=O)CN(Cc1ccccc1)c1cccc(NC(=O)C2COCCN2)c1. The van der Waals surface area contributed by atoms with Crippen molar-refractivity contribution in [1.82, 2.24) is 5.32 Å². The third-order valence-corrected chi connectivity index (χ3v) is 4.28. The van der Waals surface area contributed by atoms with Crippen LogP contribution >= 0.6 is 0 Å². The molecule has 0 spiro atoms. The van der Waals surface area contributed by atoms with Gasteiger partial charge in [0.2, 0.25) is 11.8 Å². The average Bonchev–Trinajstić information content (AvgIpc) is 2.69. The van der Waals surface area contributed by atoms with E-state index in [0.29, 0.717) is 32.0 Å². The van der Waals surface area contributed by atoms with Crippen LogP contribution in [0.3, 0.4) is 0 Å². The quantitative estimate of drug-likeness (QED) is 0.680. The molecule has 4 N–H and O–H groups in total. The van der Waals surface area contributed by atoms with Crippen molar-refractivity contribution in [3.63, 3.8) is 0 Å². The van der Waals surface area contributed by atoms with Crippen LogP contribution in [0, 0.1) is 0 Å². The Hall–Kier alpha value is -2.90. The van der Waals surface area contributed by atoms with Gasteiger partial charge in [0.25, 0.3) is 0 Å². The van der Waals surface area contributed by atoms with Crippen LogP contribution in [-0.2, 0) is 20.9 Å². The van der Waals surface area contributed by atoms with E-state index in [4.69, 9.17) is 10.5 Å². The second kappa shape index (κ2) is 9.16. The Morgan fingerprint density at radius 2 is 2.00 bits per heavy atom. The number of primary amides is 1. The Kier molecular flexibility index (Phi) is 6.40. The van der Waals surface area contributed by atoms with Gasteiger partial charge in [-0.1, -0.05) is 36.4 Å². The summed E-state index contributed by atoms with van der Waals surface area (Å²) in [5.74, 6) is -0.555. The van der Waals surface area contributed by atoms with Gasteiger partial charge >= 0.3 is 0 Å². The summed E-state index contributed by atoms with van der Waals surface area (Å²) in [5.41, 5.74) is 7.96. The van der Waals surface area contributed by atoms with Crippen molar-refractivity contribution in [2.45, 2.75) is 12.6 Å². The van der Waals surface area contributed by atoms with Gasteiger partial charge in [-0.15, -0.1) is 0 Å². The summed E-state index contributed by atoms with van der Waals surface area (Å²) in [5, 5.41) is 6.03. The number of ether oxygens (including phenoxy) is 1. The first-order valence-electron chi connectivity index (χ1n) is 8.91. The molecule has 1 unspecified atom stereocenters. The summed E-state index contributed by atoms with van der Waals surface area (Å²) >= 11 is 0. The van der Waals surface area contributed by atoms with Crippen molar-refractivity contribution < 1.29 is 14.3 Å². The number of anilines is 2. The van der Waals surface area contributed by atoms with Gasteiger partial charge in [-0.2, -0.15) is 0 Å².